The number of imide groups is 1. The number of hydrogen-bond donors (Lipinski definition) is 0. The van der Waals surface area contributed by atoms with Crippen molar-refractivity contribution < 1.29 is 19.1 Å². The molecule has 7 heteroatoms. The first-order chi connectivity index (χ1) is 16.0. The highest BCUT2D eigenvalue weighted by Gasteiger charge is 2.38. The van der Waals surface area contributed by atoms with Crippen LogP contribution in [0.25, 0.3) is 0 Å². The van der Waals surface area contributed by atoms with Gasteiger partial charge in [-0.3, -0.25) is 19.4 Å². The molecule has 176 valence electrons. The molecule has 0 radical (unpaired) electrons. The van der Waals surface area contributed by atoms with Crippen molar-refractivity contribution in [2.24, 2.45) is 0 Å². The van der Waals surface area contributed by atoms with Gasteiger partial charge in [-0.05, 0) is 55.2 Å². The zero-order chi connectivity index (χ0) is 23.5. The van der Waals surface area contributed by atoms with Crippen molar-refractivity contribution in [3.8, 4) is 5.75 Å². The summed E-state index contributed by atoms with van der Waals surface area (Å²) in [6.07, 6.45) is 0.639. The third-order valence-corrected chi connectivity index (χ3v) is 6.88. The number of rotatable bonds is 8. The maximum atomic E-state index is 13.1. The van der Waals surface area contributed by atoms with Crippen molar-refractivity contribution >= 4 is 17.5 Å². The third kappa shape index (κ3) is 4.48. The van der Waals surface area contributed by atoms with E-state index in [2.05, 4.69) is 29.7 Å². The molecule has 0 saturated carbocycles. The number of fused-ring (bicyclic) bond motifs is 1. The lowest BCUT2D eigenvalue weighted by atomic mass is 10.0. The third-order valence-electron chi connectivity index (χ3n) is 6.88. The summed E-state index contributed by atoms with van der Waals surface area (Å²) in [7, 11) is 3.33. The molecule has 7 nitrogen and oxygen atoms in total. The van der Waals surface area contributed by atoms with Gasteiger partial charge in [-0.15, -0.1) is 0 Å². The molecule has 2 aromatic carbocycles. The van der Waals surface area contributed by atoms with Crippen LogP contribution < -0.4 is 9.64 Å². The number of amides is 2. The fraction of sp³-hybridized carbons (Fsp3) is 0.462. The molecular formula is C26H33N3O4. The summed E-state index contributed by atoms with van der Waals surface area (Å²) in [4.78, 5) is 32.0. The monoisotopic (exact) mass is 451 g/mol. The van der Waals surface area contributed by atoms with Crippen molar-refractivity contribution in [3.63, 3.8) is 0 Å². The Kier molecular flexibility index (Phi) is 7.00. The van der Waals surface area contributed by atoms with E-state index in [0.29, 0.717) is 30.7 Å². The Hall–Kier alpha value is -2.90. The average molecular weight is 452 g/mol. The molecule has 2 aromatic rings. The molecule has 1 fully saturated rings. The van der Waals surface area contributed by atoms with Gasteiger partial charge in [0.15, 0.2) is 0 Å². The normalized spacial score (nSPS) is 16.5. The standard InChI is InChI=1S/C26H33N3O4/c1-18-19(2)23(33-4)10-9-20(18)17-27-12-14-28(15-13-27)22-8-5-7-21-24(22)26(31)29(25(21)30)11-6-16-32-3/h5,7-10H,6,11-17H2,1-4H3. The van der Waals surface area contributed by atoms with Gasteiger partial charge in [0.05, 0.1) is 23.9 Å². The second-order valence-electron chi connectivity index (χ2n) is 8.75. The minimum atomic E-state index is -0.197. The van der Waals surface area contributed by atoms with Crippen LogP contribution in [0.4, 0.5) is 5.69 Å². The molecule has 33 heavy (non-hydrogen) atoms. The van der Waals surface area contributed by atoms with E-state index in [1.165, 1.54) is 21.6 Å². The molecule has 2 aliphatic heterocycles. The lowest BCUT2D eigenvalue weighted by Gasteiger charge is -2.37. The van der Waals surface area contributed by atoms with Crippen molar-refractivity contribution in [3.05, 3.63) is 58.1 Å². The number of anilines is 1. The van der Waals surface area contributed by atoms with Gasteiger partial charge < -0.3 is 14.4 Å². The van der Waals surface area contributed by atoms with E-state index >= 15 is 0 Å². The zero-order valence-electron chi connectivity index (χ0n) is 20.0. The van der Waals surface area contributed by atoms with Crippen LogP contribution in [0, 0.1) is 13.8 Å². The molecule has 4 rings (SSSR count). The lowest BCUT2D eigenvalue weighted by Crippen LogP contribution is -2.46. The van der Waals surface area contributed by atoms with Crippen LogP contribution in [0.15, 0.2) is 30.3 Å². The quantitative estimate of drug-likeness (QED) is 0.454. The molecule has 0 spiro atoms. The molecule has 2 amide bonds. The highest BCUT2D eigenvalue weighted by molar-refractivity contribution is 6.23. The second kappa shape index (κ2) is 9.93. The maximum absolute atomic E-state index is 13.1. The fourth-order valence-corrected chi connectivity index (χ4v) is 4.78. The minimum absolute atomic E-state index is 0.187. The van der Waals surface area contributed by atoms with Crippen LogP contribution in [0.5, 0.6) is 5.75 Å². The van der Waals surface area contributed by atoms with E-state index in [0.717, 1.165) is 44.2 Å². The summed E-state index contributed by atoms with van der Waals surface area (Å²) >= 11 is 0. The molecule has 2 aliphatic rings. The van der Waals surface area contributed by atoms with E-state index in [1.54, 1.807) is 20.3 Å². The number of benzene rings is 2. The molecule has 0 N–H and O–H groups in total. The Morgan fingerprint density at radius 1 is 0.909 bits per heavy atom. The summed E-state index contributed by atoms with van der Waals surface area (Å²) < 4.78 is 10.5. The Morgan fingerprint density at radius 3 is 2.36 bits per heavy atom. The van der Waals surface area contributed by atoms with Crippen LogP contribution in [-0.2, 0) is 11.3 Å². The summed E-state index contributed by atoms with van der Waals surface area (Å²) in [5, 5.41) is 0. The maximum Gasteiger partial charge on any atom is 0.263 e. The first-order valence-electron chi connectivity index (χ1n) is 11.5. The van der Waals surface area contributed by atoms with Crippen molar-refractivity contribution in [1.29, 1.82) is 0 Å². The summed E-state index contributed by atoms with van der Waals surface area (Å²) in [5.41, 5.74) is 5.71. The first-order valence-corrected chi connectivity index (χ1v) is 11.5. The van der Waals surface area contributed by atoms with E-state index in [4.69, 9.17) is 9.47 Å². The largest absolute Gasteiger partial charge is 0.496 e. The molecule has 0 bridgehead atoms. The molecular weight excluding hydrogens is 418 g/mol. The van der Waals surface area contributed by atoms with Crippen LogP contribution in [0.1, 0.15) is 43.8 Å². The minimum Gasteiger partial charge on any atom is -0.496 e. The van der Waals surface area contributed by atoms with Gasteiger partial charge in [-0.1, -0.05) is 12.1 Å². The Labute approximate surface area is 195 Å². The molecule has 0 unspecified atom stereocenters. The van der Waals surface area contributed by atoms with E-state index in [-0.39, 0.29) is 11.8 Å². The number of piperazine rings is 1. The number of hydrogen-bond acceptors (Lipinski definition) is 6. The van der Waals surface area contributed by atoms with Gasteiger partial charge in [0, 0.05) is 53.0 Å². The Bertz CT molecular complexity index is 1040. The van der Waals surface area contributed by atoms with Gasteiger partial charge in [0.1, 0.15) is 5.75 Å². The number of methoxy groups -OCH3 is 2. The Morgan fingerprint density at radius 2 is 1.67 bits per heavy atom. The number of nitrogens with zero attached hydrogens (tertiary/aromatic N) is 3. The highest BCUT2D eigenvalue weighted by Crippen LogP contribution is 2.33. The van der Waals surface area contributed by atoms with Crippen molar-refractivity contribution in [2.75, 3.05) is 58.5 Å². The van der Waals surface area contributed by atoms with Gasteiger partial charge in [-0.25, -0.2) is 0 Å². The van der Waals surface area contributed by atoms with E-state index in [1.807, 2.05) is 18.2 Å². The predicted molar refractivity (Wildman–Crippen MR) is 128 cm³/mol. The number of carbonyl (C=O) groups excluding carboxylic acids is 2. The molecule has 2 heterocycles. The molecule has 0 aliphatic carbocycles. The van der Waals surface area contributed by atoms with Crippen LogP contribution in [-0.4, -0.2) is 75.2 Å². The van der Waals surface area contributed by atoms with Gasteiger partial charge in [0.25, 0.3) is 11.8 Å². The van der Waals surface area contributed by atoms with E-state index in [9.17, 15) is 9.59 Å². The van der Waals surface area contributed by atoms with Gasteiger partial charge in [-0.2, -0.15) is 0 Å². The zero-order valence-corrected chi connectivity index (χ0v) is 20.0. The summed E-state index contributed by atoms with van der Waals surface area (Å²) in [6, 6.07) is 9.81. The summed E-state index contributed by atoms with van der Waals surface area (Å²) in [5.74, 6) is 0.542. The van der Waals surface area contributed by atoms with Crippen molar-refractivity contribution in [2.45, 2.75) is 26.8 Å². The van der Waals surface area contributed by atoms with Crippen LogP contribution in [0.2, 0.25) is 0 Å². The average Bonchev–Trinajstić information content (AvgIpc) is 3.08. The number of ether oxygens (including phenoxy) is 2. The smallest absolute Gasteiger partial charge is 0.263 e. The van der Waals surface area contributed by atoms with Crippen molar-refractivity contribution in [1.82, 2.24) is 9.80 Å². The fourth-order valence-electron chi connectivity index (χ4n) is 4.78. The molecule has 1 saturated heterocycles. The number of carbonyl (C=O) groups is 2. The first kappa shape index (κ1) is 23.3. The molecule has 0 aromatic heterocycles. The predicted octanol–water partition coefficient (Wildman–Crippen LogP) is 3.27. The van der Waals surface area contributed by atoms with Crippen LogP contribution >= 0.6 is 0 Å². The SMILES string of the molecule is COCCCN1C(=O)c2cccc(N3CCN(Cc4ccc(OC)c(C)c4C)CC3)c2C1=O. The molecule has 0 atom stereocenters. The van der Waals surface area contributed by atoms with Crippen LogP contribution in [0.3, 0.4) is 0 Å². The summed E-state index contributed by atoms with van der Waals surface area (Å²) in [6.45, 7) is 9.47. The van der Waals surface area contributed by atoms with Gasteiger partial charge in [0.2, 0.25) is 0 Å². The topological polar surface area (TPSA) is 62.3 Å². The van der Waals surface area contributed by atoms with E-state index < -0.39 is 0 Å². The lowest BCUT2D eigenvalue weighted by molar-refractivity contribution is 0.0639. The highest BCUT2D eigenvalue weighted by atomic mass is 16.5. The Balaban J connectivity index is 1.44. The second-order valence-corrected chi connectivity index (χ2v) is 8.75. The van der Waals surface area contributed by atoms with Gasteiger partial charge >= 0.3 is 0 Å².